The summed E-state index contributed by atoms with van der Waals surface area (Å²) in [4.78, 5) is 38.5. The molecule has 42 heavy (non-hydrogen) atoms. The van der Waals surface area contributed by atoms with E-state index in [9.17, 15) is 27.9 Å². The Bertz CT molecular complexity index is 1400. The number of aromatic nitrogens is 1. The molecule has 0 atom stereocenters. The van der Waals surface area contributed by atoms with Crippen molar-refractivity contribution in [3.8, 4) is 11.3 Å². The lowest BCUT2D eigenvalue weighted by atomic mass is 9.82. The molecule has 1 amide bonds. The maximum Gasteiger partial charge on any atom is 0.490 e. The van der Waals surface area contributed by atoms with Gasteiger partial charge in [-0.05, 0) is 75.5 Å². The molecule has 3 aromatic rings. The largest absolute Gasteiger partial charge is 0.490 e. The van der Waals surface area contributed by atoms with Crippen LogP contribution in [0.5, 0.6) is 0 Å². The molecule has 228 valence electrons. The minimum absolute atomic E-state index is 0.112. The Morgan fingerprint density at radius 1 is 1.00 bits per heavy atom. The van der Waals surface area contributed by atoms with Gasteiger partial charge in [0.05, 0.1) is 23.8 Å². The van der Waals surface area contributed by atoms with Crippen LogP contribution in [0.1, 0.15) is 66.8 Å². The zero-order valence-electron chi connectivity index (χ0n) is 23.7. The highest BCUT2D eigenvalue weighted by Gasteiger charge is 2.38. The molecule has 1 saturated carbocycles. The van der Waals surface area contributed by atoms with Crippen molar-refractivity contribution in [3.05, 3.63) is 47.9 Å². The van der Waals surface area contributed by atoms with E-state index in [1.54, 1.807) is 24.7 Å². The molecule has 1 aromatic carbocycles. The molecule has 12 heteroatoms. The standard InChI is InChI=1S/C28H35N3O4.C2HF3O2/c1-29(2)22-10-13-30(14-11-22)25(32)17-31-24-9-8-20(28(33)34)16-23(24)26(19-6-4-3-5-7-19)27(31)21-12-15-35-18-21;3-2(4,5)1(6)7/h8-9,12,15-16,18-19,22H,3-7,10-11,13-14,17H2,1-2H3,(H,33,34);(H,6,7). The Kier molecular flexibility index (Phi) is 9.65. The molecule has 5 rings (SSSR count). The van der Waals surface area contributed by atoms with E-state index in [-0.39, 0.29) is 18.0 Å². The lowest BCUT2D eigenvalue weighted by Crippen LogP contribution is -2.45. The van der Waals surface area contributed by atoms with Gasteiger partial charge in [0.1, 0.15) is 6.54 Å². The normalized spacial score (nSPS) is 16.9. The van der Waals surface area contributed by atoms with E-state index in [0.29, 0.717) is 12.0 Å². The smallest absolute Gasteiger partial charge is 0.478 e. The molecule has 0 bridgehead atoms. The molecule has 0 unspecified atom stereocenters. The van der Waals surface area contributed by atoms with Crippen molar-refractivity contribution in [1.29, 1.82) is 0 Å². The van der Waals surface area contributed by atoms with Gasteiger partial charge in [0.25, 0.3) is 0 Å². The number of fused-ring (bicyclic) bond motifs is 1. The predicted molar refractivity (Wildman–Crippen MR) is 149 cm³/mol. The van der Waals surface area contributed by atoms with Gasteiger partial charge in [-0.1, -0.05) is 19.3 Å². The molecule has 0 radical (unpaired) electrons. The Morgan fingerprint density at radius 2 is 1.64 bits per heavy atom. The number of hydrogen-bond acceptors (Lipinski definition) is 5. The van der Waals surface area contributed by atoms with E-state index < -0.39 is 18.1 Å². The number of carbonyl (C=O) groups excluding carboxylic acids is 1. The number of furan rings is 1. The quantitative estimate of drug-likeness (QED) is 0.370. The molecule has 2 fully saturated rings. The lowest BCUT2D eigenvalue weighted by molar-refractivity contribution is -0.192. The Morgan fingerprint density at radius 3 is 2.17 bits per heavy atom. The average Bonchev–Trinajstić information content (AvgIpc) is 3.59. The van der Waals surface area contributed by atoms with E-state index in [1.807, 2.05) is 17.0 Å². The number of nitrogens with zero attached hydrogens (tertiary/aromatic N) is 3. The number of hydrogen-bond donors (Lipinski definition) is 2. The number of carboxylic acids is 2. The zero-order valence-corrected chi connectivity index (χ0v) is 23.7. The van der Waals surface area contributed by atoms with Crippen LogP contribution in [0.4, 0.5) is 13.2 Å². The summed E-state index contributed by atoms with van der Waals surface area (Å²) in [7, 11) is 4.20. The molecule has 1 aliphatic carbocycles. The van der Waals surface area contributed by atoms with Crippen LogP contribution in [0.15, 0.2) is 41.2 Å². The van der Waals surface area contributed by atoms with Gasteiger partial charge in [0, 0.05) is 35.6 Å². The number of piperidine rings is 1. The molecular weight excluding hydrogens is 555 g/mol. The number of amides is 1. The third kappa shape index (κ3) is 6.97. The summed E-state index contributed by atoms with van der Waals surface area (Å²) in [5.41, 5.74) is 4.31. The predicted octanol–water partition coefficient (Wildman–Crippen LogP) is 5.83. The SMILES string of the molecule is CN(C)C1CCN(C(=O)Cn2c(-c3ccoc3)c(C3CCCCC3)c3cc(C(=O)O)ccc32)CC1.O=C(O)C(F)(F)F. The van der Waals surface area contributed by atoms with Gasteiger partial charge in [-0.3, -0.25) is 4.79 Å². The first-order chi connectivity index (χ1) is 19.9. The molecule has 1 aliphatic heterocycles. The van der Waals surface area contributed by atoms with Gasteiger partial charge in [-0.2, -0.15) is 13.2 Å². The van der Waals surface area contributed by atoms with E-state index in [4.69, 9.17) is 14.3 Å². The molecule has 2 aromatic heterocycles. The summed E-state index contributed by atoms with van der Waals surface area (Å²) in [6.07, 6.45) is 6.00. The van der Waals surface area contributed by atoms with Crippen molar-refractivity contribution in [2.45, 2.75) is 69.6 Å². The molecule has 9 nitrogen and oxygen atoms in total. The highest BCUT2D eigenvalue weighted by molar-refractivity contribution is 5.99. The third-order valence-corrected chi connectivity index (χ3v) is 8.24. The Balaban J connectivity index is 0.000000517. The first-order valence-corrected chi connectivity index (χ1v) is 14.0. The van der Waals surface area contributed by atoms with E-state index in [1.165, 1.54) is 24.8 Å². The number of carbonyl (C=O) groups is 3. The summed E-state index contributed by atoms with van der Waals surface area (Å²) in [5.74, 6) is -3.24. The minimum atomic E-state index is -5.08. The number of carboxylic acid groups (broad SMARTS) is 2. The molecule has 1 saturated heterocycles. The molecular formula is C30H36F3N3O6. The maximum absolute atomic E-state index is 13.5. The van der Waals surface area contributed by atoms with Crippen LogP contribution < -0.4 is 0 Å². The molecule has 2 N–H and O–H groups in total. The number of aromatic carboxylic acids is 1. The van der Waals surface area contributed by atoms with Crippen LogP contribution in [0.2, 0.25) is 0 Å². The fourth-order valence-electron chi connectivity index (χ4n) is 6.06. The summed E-state index contributed by atoms with van der Waals surface area (Å²) >= 11 is 0. The summed E-state index contributed by atoms with van der Waals surface area (Å²) in [6.45, 7) is 1.77. The minimum Gasteiger partial charge on any atom is -0.478 e. The van der Waals surface area contributed by atoms with Crippen LogP contribution in [-0.2, 0) is 16.1 Å². The molecule has 2 aliphatic rings. The Hall–Kier alpha value is -3.80. The number of alkyl halides is 3. The average molecular weight is 592 g/mol. The van der Waals surface area contributed by atoms with Crippen molar-refractivity contribution >= 4 is 28.7 Å². The van der Waals surface area contributed by atoms with Crippen molar-refractivity contribution in [2.24, 2.45) is 0 Å². The zero-order chi connectivity index (χ0) is 30.6. The number of likely N-dealkylation sites (tertiary alicyclic amines) is 1. The van der Waals surface area contributed by atoms with Crippen molar-refractivity contribution < 1.29 is 42.2 Å². The molecule has 3 heterocycles. The third-order valence-electron chi connectivity index (χ3n) is 8.24. The van der Waals surface area contributed by atoms with Crippen LogP contribution in [-0.4, -0.2) is 81.8 Å². The van der Waals surface area contributed by atoms with Crippen molar-refractivity contribution in [1.82, 2.24) is 14.4 Å². The number of rotatable bonds is 6. The molecule has 0 spiro atoms. The van der Waals surface area contributed by atoms with Gasteiger partial charge in [0.2, 0.25) is 5.91 Å². The number of aliphatic carboxylic acids is 1. The summed E-state index contributed by atoms with van der Waals surface area (Å²) < 4.78 is 39.3. The lowest BCUT2D eigenvalue weighted by Gasteiger charge is -2.35. The van der Waals surface area contributed by atoms with E-state index in [2.05, 4.69) is 23.6 Å². The first kappa shape index (κ1) is 31.1. The van der Waals surface area contributed by atoms with Crippen molar-refractivity contribution in [3.63, 3.8) is 0 Å². The highest BCUT2D eigenvalue weighted by atomic mass is 19.4. The second-order valence-electron chi connectivity index (χ2n) is 11.1. The van der Waals surface area contributed by atoms with Crippen LogP contribution in [0, 0.1) is 0 Å². The summed E-state index contributed by atoms with van der Waals surface area (Å²) in [6, 6.07) is 7.79. The van der Waals surface area contributed by atoms with E-state index in [0.717, 1.165) is 60.9 Å². The van der Waals surface area contributed by atoms with E-state index >= 15 is 0 Å². The van der Waals surface area contributed by atoms with Crippen LogP contribution in [0.25, 0.3) is 22.2 Å². The van der Waals surface area contributed by atoms with Gasteiger partial charge in [0.15, 0.2) is 0 Å². The van der Waals surface area contributed by atoms with Gasteiger partial charge < -0.3 is 29.0 Å². The number of halogens is 3. The summed E-state index contributed by atoms with van der Waals surface area (Å²) in [5, 5.41) is 17.8. The van der Waals surface area contributed by atoms with Gasteiger partial charge in [-0.25, -0.2) is 9.59 Å². The highest BCUT2D eigenvalue weighted by Crippen LogP contribution is 2.44. The maximum atomic E-state index is 13.5. The van der Waals surface area contributed by atoms with Gasteiger partial charge >= 0.3 is 18.1 Å². The fraction of sp³-hybridized carbons (Fsp3) is 0.500. The van der Waals surface area contributed by atoms with Crippen LogP contribution in [0.3, 0.4) is 0 Å². The van der Waals surface area contributed by atoms with Gasteiger partial charge in [-0.15, -0.1) is 0 Å². The van der Waals surface area contributed by atoms with Crippen molar-refractivity contribution in [2.75, 3.05) is 27.2 Å². The fourth-order valence-corrected chi connectivity index (χ4v) is 6.06. The first-order valence-electron chi connectivity index (χ1n) is 14.0. The van der Waals surface area contributed by atoms with Crippen LogP contribution >= 0.6 is 0 Å². The number of benzene rings is 1. The second kappa shape index (κ2) is 13.0. The topological polar surface area (TPSA) is 116 Å². The second-order valence-corrected chi connectivity index (χ2v) is 11.1. The Labute approximate surface area is 241 Å². The monoisotopic (exact) mass is 591 g/mol.